The highest BCUT2D eigenvalue weighted by molar-refractivity contribution is 5.79. The molecule has 7 heteroatoms. The Morgan fingerprint density at radius 1 is 1.18 bits per heavy atom. The molecular weight excluding hydrogens is 239 g/mol. The van der Waals surface area contributed by atoms with Crippen molar-refractivity contribution in [1.29, 1.82) is 0 Å². The predicted octanol–water partition coefficient (Wildman–Crippen LogP) is -0.146. The fourth-order valence-corrected chi connectivity index (χ4v) is 1.25. The molecule has 0 spiro atoms. The highest BCUT2D eigenvalue weighted by atomic mass is 19.2. The fourth-order valence-electron chi connectivity index (χ4n) is 1.25. The molecule has 0 aliphatic carbocycles. The Kier molecular flexibility index (Phi) is 4.08. The van der Waals surface area contributed by atoms with Crippen LogP contribution in [0.25, 0.3) is 0 Å². The number of rotatable bonds is 4. The Labute approximate surface area is 94.5 Å². The van der Waals surface area contributed by atoms with E-state index >= 15 is 0 Å². The summed E-state index contributed by atoms with van der Waals surface area (Å²) in [5.74, 6) is -4.93. The van der Waals surface area contributed by atoms with Crippen LogP contribution in [0, 0.1) is 17.5 Å². The van der Waals surface area contributed by atoms with Crippen molar-refractivity contribution in [3.05, 3.63) is 35.1 Å². The van der Waals surface area contributed by atoms with E-state index in [0.717, 1.165) is 0 Å². The summed E-state index contributed by atoms with van der Waals surface area (Å²) in [6.07, 6.45) is -4.15. The number of hydrogen-bond acceptors (Lipinski definition) is 3. The fraction of sp³-hybridized carbons (Fsp3) is 0.300. The maximum Gasteiger partial charge on any atom is 0.248 e. The van der Waals surface area contributed by atoms with Crippen molar-refractivity contribution in [2.45, 2.75) is 18.6 Å². The van der Waals surface area contributed by atoms with Gasteiger partial charge >= 0.3 is 0 Å². The van der Waals surface area contributed by atoms with E-state index in [4.69, 9.17) is 10.8 Å². The number of carbonyl (C=O) groups is 1. The smallest absolute Gasteiger partial charge is 0.248 e. The molecule has 1 amide bonds. The zero-order chi connectivity index (χ0) is 13.2. The third kappa shape index (κ3) is 3.18. The Hall–Kier alpha value is -1.60. The Balaban J connectivity index is 2.88. The molecule has 4 nitrogen and oxygen atoms in total. The normalized spacial score (nSPS) is 14.4. The molecule has 0 radical (unpaired) electrons. The van der Waals surface area contributed by atoms with Gasteiger partial charge in [-0.3, -0.25) is 4.79 Å². The number of hydrogen-bond donors (Lipinski definition) is 3. The first-order valence-corrected chi connectivity index (χ1v) is 4.61. The molecule has 1 aromatic carbocycles. The molecule has 0 saturated carbocycles. The van der Waals surface area contributed by atoms with E-state index < -0.39 is 42.0 Å². The average Bonchev–Trinajstić information content (AvgIpc) is 2.24. The van der Waals surface area contributed by atoms with Crippen LogP contribution in [0.4, 0.5) is 13.2 Å². The van der Waals surface area contributed by atoms with Gasteiger partial charge in [0.15, 0.2) is 17.7 Å². The number of nitrogens with two attached hydrogens (primary N) is 1. The van der Waals surface area contributed by atoms with Gasteiger partial charge in [-0.1, -0.05) is 0 Å². The SMILES string of the molecule is NC(=O)C(O)C(O)Cc1cc(F)c(F)cc1F. The van der Waals surface area contributed by atoms with E-state index in [2.05, 4.69) is 0 Å². The van der Waals surface area contributed by atoms with E-state index in [1.807, 2.05) is 0 Å². The van der Waals surface area contributed by atoms with Crippen molar-refractivity contribution in [3.63, 3.8) is 0 Å². The van der Waals surface area contributed by atoms with E-state index in [0.29, 0.717) is 12.1 Å². The number of amides is 1. The van der Waals surface area contributed by atoms with Crippen molar-refractivity contribution >= 4 is 5.91 Å². The molecule has 0 aliphatic heterocycles. The van der Waals surface area contributed by atoms with Gasteiger partial charge in [-0.25, -0.2) is 13.2 Å². The minimum absolute atomic E-state index is 0.314. The van der Waals surface area contributed by atoms with E-state index in [-0.39, 0.29) is 5.56 Å². The van der Waals surface area contributed by atoms with Crippen LogP contribution in [-0.4, -0.2) is 28.3 Å². The molecule has 1 rings (SSSR count). The lowest BCUT2D eigenvalue weighted by Crippen LogP contribution is -2.40. The molecule has 2 unspecified atom stereocenters. The lowest BCUT2D eigenvalue weighted by molar-refractivity contribution is -0.131. The van der Waals surface area contributed by atoms with Gasteiger partial charge in [0.1, 0.15) is 5.82 Å². The van der Waals surface area contributed by atoms with Gasteiger partial charge in [-0.2, -0.15) is 0 Å². The zero-order valence-electron chi connectivity index (χ0n) is 8.53. The van der Waals surface area contributed by atoms with Gasteiger partial charge < -0.3 is 15.9 Å². The first-order chi connectivity index (χ1) is 7.82. The number of halogens is 3. The summed E-state index contributed by atoms with van der Waals surface area (Å²) in [6.45, 7) is 0. The first-order valence-electron chi connectivity index (χ1n) is 4.61. The molecule has 0 heterocycles. The van der Waals surface area contributed by atoms with Crippen LogP contribution >= 0.6 is 0 Å². The van der Waals surface area contributed by atoms with Crippen molar-refractivity contribution in [2.75, 3.05) is 0 Å². The Morgan fingerprint density at radius 3 is 2.24 bits per heavy atom. The van der Waals surface area contributed by atoms with Crippen molar-refractivity contribution < 1.29 is 28.2 Å². The number of benzene rings is 1. The van der Waals surface area contributed by atoms with Crippen LogP contribution < -0.4 is 5.73 Å². The van der Waals surface area contributed by atoms with Crippen molar-refractivity contribution in [3.8, 4) is 0 Å². The zero-order valence-corrected chi connectivity index (χ0v) is 8.53. The topological polar surface area (TPSA) is 83.6 Å². The second-order valence-corrected chi connectivity index (χ2v) is 3.48. The van der Waals surface area contributed by atoms with Crippen LogP contribution in [0.2, 0.25) is 0 Å². The van der Waals surface area contributed by atoms with Crippen molar-refractivity contribution in [1.82, 2.24) is 0 Å². The van der Waals surface area contributed by atoms with E-state index in [9.17, 15) is 23.1 Å². The summed E-state index contributed by atoms with van der Waals surface area (Å²) >= 11 is 0. The van der Waals surface area contributed by atoms with Crippen LogP contribution in [0.15, 0.2) is 12.1 Å². The summed E-state index contributed by atoms with van der Waals surface area (Å²) in [5, 5.41) is 18.3. The summed E-state index contributed by atoms with van der Waals surface area (Å²) in [7, 11) is 0. The number of primary amides is 1. The summed E-state index contributed by atoms with van der Waals surface area (Å²) in [6, 6.07) is 0.857. The second-order valence-electron chi connectivity index (χ2n) is 3.48. The lowest BCUT2D eigenvalue weighted by Gasteiger charge is -2.15. The molecule has 0 saturated heterocycles. The standard InChI is InChI=1S/C10H10F3NO3/c11-5-3-7(13)6(12)1-4(5)2-8(15)9(16)10(14)17/h1,3,8-9,15-16H,2H2,(H2,14,17). The van der Waals surface area contributed by atoms with Gasteiger partial charge in [0.05, 0.1) is 6.10 Å². The summed E-state index contributed by atoms with van der Waals surface area (Å²) in [4.78, 5) is 10.5. The minimum atomic E-state index is -1.90. The molecule has 17 heavy (non-hydrogen) atoms. The number of aliphatic hydroxyl groups is 2. The minimum Gasteiger partial charge on any atom is -0.390 e. The molecule has 0 bridgehead atoms. The first kappa shape index (κ1) is 13.5. The molecule has 1 aromatic rings. The largest absolute Gasteiger partial charge is 0.390 e. The number of carbonyl (C=O) groups excluding carboxylic acids is 1. The number of aliphatic hydroxyl groups excluding tert-OH is 2. The molecule has 0 aliphatic rings. The molecule has 4 N–H and O–H groups in total. The quantitative estimate of drug-likeness (QED) is 0.649. The third-order valence-electron chi connectivity index (χ3n) is 2.17. The van der Waals surface area contributed by atoms with Crippen LogP contribution in [-0.2, 0) is 11.2 Å². The van der Waals surface area contributed by atoms with Gasteiger partial charge in [0.25, 0.3) is 0 Å². The molecule has 94 valence electrons. The molecule has 0 fully saturated rings. The lowest BCUT2D eigenvalue weighted by atomic mass is 10.0. The third-order valence-corrected chi connectivity index (χ3v) is 2.17. The Morgan fingerprint density at radius 2 is 1.71 bits per heavy atom. The van der Waals surface area contributed by atoms with E-state index in [1.165, 1.54) is 0 Å². The Bertz CT molecular complexity index is 439. The maximum absolute atomic E-state index is 13.1. The van der Waals surface area contributed by atoms with Gasteiger partial charge in [-0.15, -0.1) is 0 Å². The van der Waals surface area contributed by atoms with E-state index in [1.54, 1.807) is 0 Å². The summed E-state index contributed by atoms with van der Waals surface area (Å²) < 4.78 is 38.5. The van der Waals surface area contributed by atoms with Crippen molar-refractivity contribution in [2.24, 2.45) is 5.73 Å². The van der Waals surface area contributed by atoms with Crippen LogP contribution in [0.1, 0.15) is 5.56 Å². The van der Waals surface area contributed by atoms with Gasteiger partial charge in [0.2, 0.25) is 5.91 Å². The highest BCUT2D eigenvalue weighted by Crippen LogP contribution is 2.16. The maximum atomic E-state index is 13.1. The monoisotopic (exact) mass is 249 g/mol. The molecule has 2 atom stereocenters. The van der Waals surface area contributed by atoms with Crippen LogP contribution in [0.5, 0.6) is 0 Å². The molecular formula is C10H10F3NO3. The average molecular weight is 249 g/mol. The predicted molar refractivity (Wildman–Crippen MR) is 51.2 cm³/mol. The van der Waals surface area contributed by atoms with Crippen LogP contribution in [0.3, 0.4) is 0 Å². The molecule has 0 aromatic heterocycles. The van der Waals surface area contributed by atoms with Gasteiger partial charge in [-0.05, 0) is 11.6 Å². The highest BCUT2D eigenvalue weighted by Gasteiger charge is 2.23. The second kappa shape index (κ2) is 5.15. The van der Waals surface area contributed by atoms with Gasteiger partial charge in [0, 0.05) is 12.5 Å². The summed E-state index contributed by atoms with van der Waals surface area (Å²) in [5.41, 5.74) is 4.34.